The van der Waals surface area contributed by atoms with Gasteiger partial charge in [0.05, 0.1) is 24.5 Å². The molecule has 0 bridgehead atoms. The number of rotatable bonds is 11. The Labute approximate surface area is 148 Å². The molecule has 144 valence electrons. The Morgan fingerprint density at radius 1 is 1.27 bits per heavy atom. The first-order chi connectivity index (χ1) is 12.1. The van der Waals surface area contributed by atoms with E-state index in [0.29, 0.717) is 5.69 Å². The number of aromatic amines is 1. The number of carbonyl (C=O) groups excluding carboxylic acids is 2. The number of hydrogen-bond donors (Lipinski definition) is 7. The van der Waals surface area contributed by atoms with Crippen LogP contribution in [-0.4, -0.2) is 68.1 Å². The van der Waals surface area contributed by atoms with Crippen molar-refractivity contribution in [3.63, 3.8) is 0 Å². The van der Waals surface area contributed by atoms with Crippen molar-refractivity contribution < 1.29 is 29.4 Å². The van der Waals surface area contributed by atoms with Crippen LogP contribution in [0.2, 0.25) is 0 Å². The number of carboxylic acids is 2. The van der Waals surface area contributed by atoms with Crippen molar-refractivity contribution in [2.75, 3.05) is 0 Å². The number of nitrogens with one attached hydrogen (secondary N) is 3. The molecule has 1 aromatic rings. The first kappa shape index (κ1) is 21.1. The molecule has 12 nitrogen and oxygen atoms in total. The summed E-state index contributed by atoms with van der Waals surface area (Å²) >= 11 is 0. The van der Waals surface area contributed by atoms with Crippen molar-refractivity contribution in [2.24, 2.45) is 11.5 Å². The molecule has 0 aliphatic carbocycles. The van der Waals surface area contributed by atoms with E-state index in [4.69, 9.17) is 11.5 Å². The molecule has 0 saturated heterocycles. The molecule has 0 saturated carbocycles. The SMILES string of the molecule is CC(NC(Cc1c[nH]cn1)C(=O)O)C(NC(=O)C(N)CC(N)=O)C(=O)O. The molecular formula is C14H22N6O6. The summed E-state index contributed by atoms with van der Waals surface area (Å²) in [6, 6.07) is -4.87. The number of amides is 2. The Balaban J connectivity index is 2.77. The van der Waals surface area contributed by atoms with Crippen LogP contribution < -0.4 is 22.1 Å². The van der Waals surface area contributed by atoms with E-state index in [1.165, 1.54) is 19.4 Å². The van der Waals surface area contributed by atoms with E-state index in [9.17, 15) is 29.4 Å². The molecule has 9 N–H and O–H groups in total. The van der Waals surface area contributed by atoms with Crippen molar-refractivity contribution in [1.29, 1.82) is 0 Å². The fourth-order valence-corrected chi connectivity index (χ4v) is 2.21. The Morgan fingerprint density at radius 2 is 1.92 bits per heavy atom. The average Bonchev–Trinajstić information content (AvgIpc) is 3.03. The second kappa shape index (κ2) is 9.48. The van der Waals surface area contributed by atoms with Crippen LogP contribution in [0.5, 0.6) is 0 Å². The van der Waals surface area contributed by atoms with Gasteiger partial charge in [0.1, 0.15) is 12.1 Å². The van der Waals surface area contributed by atoms with Crippen LogP contribution in [0.25, 0.3) is 0 Å². The summed E-state index contributed by atoms with van der Waals surface area (Å²) in [5, 5.41) is 23.4. The summed E-state index contributed by atoms with van der Waals surface area (Å²) in [7, 11) is 0. The van der Waals surface area contributed by atoms with Gasteiger partial charge in [0.25, 0.3) is 0 Å². The molecule has 1 heterocycles. The highest BCUT2D eigenvalue weighted by Crippen LogP contribution is 2.03. The van der Waals surface area contributed by atoms with E-state index in [1.807, 2.05) is 0 Å². The molecule has 2 amide bonds. The molecule has 12 heteroatoms. The fraction of sp³-hybridized carbons (Fsp3) is 0.500. The van der Waals surface area contributed by atoms with Crippen LogP contribution in [-0.2, 0) is 25.6 Å². The zero-order chi connectivity index (χ0) is 19.9. The molecule has 1 rings (SSSR count). The molecule has 0 spiro atoms. The number of H-pyrrole nitrogens is 1. The van der Waals surface area contributed by atoms with Crippen LogP contribution in [0, 0.1) is 0 Å². The molecule has 4 unspecified atom stereocenters. The Morgan fingerprint density at radius 3 is 2.38 bits per heavy atom. The highest BCUT2D eigenvalue weighted by molar-refractivity contribution is 5.90. The molecule has 0 fully saturated rings. The molecule has 0 aliphatic rings. The summed E-state index contributed by atoms with van der Waals surface area (Å²) in [5.74, 6) is -4.30. The Hall–Kier alpha value is -2.99. The van der Waals surface area contributed by atoms with E-state index in [-0.39, 0.29) is 6.42 Å². The number of carbonyl (C=O) groups is 4. The zero-order valence-corrected chi connectivity index (χ0v) is 14.0. The van der Waals surface area contributed by atoms with E-state index in [1.54, 1.807) is 0 Å². The van der Waals surface area contributed by atoms with Crippen LogP contribution in [0.3, 0.4) is 0 Å². The number of carboxylic acid groups (broad SMARTS) is 2. The first-order valence-electron chi connectivity index (χ1n) is 7.65. The Bertz CT molecular complexity index is 648. The third kappa shape index (κ3) is 6.49. The van der Waals surface area contributed by atoms with Gasteiger partial charge in [-0.05, 0) is 6.92 Å². The topological polar surface area (TPSA) is 214 Å². The monoisotopic (exact) mass is 370 g/mol. The maximum atomic E-state index is 11.9. The molecular weight excluding hydrogens is 348 g/mol. The normalized spacial score (nSPS) is 15.5. The van der Waals surface area contributed by atoms with E-state index in [0.717, 1.165) is 0 Å². The second-order valence-electron chi connectivity index (χ2n) is 5.71. The van der Waals surface area contributed by atoms with Crippen molar-refractivity contribution in [1.82, 2.24) is 20.6 Å². The third-order valence-electron chi connectivity index (χ3n) is 3.55. The number of imidazole rings is 1. The van der Waals surface area contributed by atoms with E-state index in [2.05, 4.69) is 20.6 Å². The van der Waals surface area contributed by atoms with Crippen LogP contribution in [0.15, 0.2) is 12.5 Å². The lowest BCUT2D eigenvalue weighted by Crippen LogP contribution is -2.59. The quantitative estimate of drug-likeness (QED) is 0.213. The summed E-state index contributed by atoms with van der Waals surface area (Å²) in [4.78, 5) is 52.2. The van der Waals surface area contributed by atoms with Crippen LogP contribution in [0.1, 0.15) is 19.0 Å². The molecule has 0 aromatic carbocycles. The molecule has 0 radical (unpaired) electrons. The molecule has 26 heavy (non-hydrogen) atoms. The minimum atomic E-state index is -1.47. The molecule has 0 aliphatic heterocycles. The van der Waals surface area contributed by atoms with Crippen LogP contribution >= 0.6 is 0 Å². The minimum absolute atomic E-state index is 0.00461. The largest absolute Gasteiger partial charge is 0.480 e. The van der Waals surface area contributed by atoms with Gasteiger partial charge in [-0.2, -0.15) is 0 Å². The van der Waals surface area contributed by atoms with Gasteiger partial charge in [0, 0.05) is 18.7 Å². The maximum Gasteiger partial charge on any atom is 0.327 e. The maximum absolute atomic E-state index is 11.9. The van der Waals surface area contributed by atoms with Gasteiger partial charge >= 0.3 is 11.9 Å². The predicted octanol–water partition coefficient (Wildman–Crippen LogP) is -2.84. The lowest BCUT2D eigenvalue weighted by molar-refractivity contribution is -0.144. The van der Waals surface area contributed by atoms with Crippen molar-refractivity contribution >= 4 is 23.8 Å². The number of primary amides is 1. The number of nitrogens with two attached hydrogens (primary N) is 2. The predicted molar refractivity (Wildman–Crippen MR) is 87.7 cm³/mol. The van der Waals surface area contributed by atoms with Gasteiger partial charge in [-0.1, -0.05) is 0 Å². The van der Waals surface area contributed by atoms with Gasteiger partial charge < -0.3 is 32.0 Å². The third-order valence-corrected chi connectivity index (χ3v) is 3.55. The zero-order valence-electron chi connectivity index (χ0n) is 14.0. The Kier molecular flexibility index (Phi) is 7.68. The van der Waals surface area contributed by atoms with Gasteiger partial charge in [0.2, 0.25) is 11.8 Å². The number of nitrogens with zero attached hydrogens (tertiary/aromatic N) is 1. The number of aromatic nitrogens is 2. The van der Waals surface area contributed by atoms with E-state index < -0.39 is 54.3 Å². The van der Waals surface area contributed by atoms with Crippen molar-refractivity contribution in [2.45, 2.75) is 43.9 Å². The summed E-state index contributed by atoms with van der Waals surface area (Å²) in [6.07, 6.45) is 2.46. The van der Waals surface area contributed by atoms with Gasteiger partial charge in [-0.3, -0.25) is 19.7 Å². The van der Waals surface area contributed by atoms with Crippen molar-refractivity contribution in [3.05, 3.63) is 18.2 Å². The fourth-order valence-electron chi connectivity index (χ4n) is 2.21. The molecule has 1 aromatic heterocycles. The smallest absolute Gasteiger partial charge is 0.327 e. The summed E-state index contributed by atoms with van der Waals surface area (Å²) in [5.41, 5.74) is 10.9. The standard InChI is InChI=1S/C14H22N6O6/c1-6(19-9(13(23)24)2-7-4-17-5-18-7)11(14(25)26)20-12(22)8(15)3-10(16)21/h4-6,8-9,11,19H,2-3,15H2,1H3,(H2,16,21)(H,17,18)(H,20,22)(H,23,24)(H,25,26). The molecule has 4 atom stereocenters. The lowest BCUT2D eigenvalue weighted by Gasteiger charge is -2.26. The second-order valence-corrected chi connectivity index (χ2v) is 5.71. The number of aliphatic carboxylic acids is 2. The average molecular weight is 370 g/mol. The highest BCUT2D eigenvalue weighted by Gasteiger charge is 2.32. The highest BCUT2D eigenvalue weighted by atomic mass is 16.4. The summed E-state index contributed by atoms with van der Waals surface area (Å²) < 4.78 is 0. The van der Waals surface area contributed by atoms with Crippen LogP contribution in [0.4, 0.5) is 0 Å². The first-order valence-corrected chi connectivity index (χ1v) is 7.65. The lowest BCUT2D eigenvalue weighted by atomic mass is 10.1. The minimum Gasteiger partial charge on any atom is -0.480 e. The van der Waals surface area contributed by atoms with Crippen molar-refractivity contribution in [3.8, 4) is 0 Å². The van der Waals surface area contributed by atoms with E-state index >= 15 is 0 Å². The van der Waals surface area contributed by atoms with Gasteiger partial charge in [-0.25, -0.2) is 9.78 Å². The summed E-state index contributed by atoms with van der Waals surface area (Å²) in [6.45, 7) is 1.40. The number of hydrogen-bond acceptors (Lipinski definition) is 7. The van der Waals surface area contributed by atoms with Gasteiger partial charge in [-0.15, -0.1) is 0 Å². The van der Waals surface area contributed by atoms with Gasteiger partial charge in [0.15, 0.2) is 0 Å².